The van der Waals surface area contributed by atoms with E-state index < -0.39 is 0 Å². The van der Waals surface area contributed by atoms with E-state index in [-0.39, 0.29) is 5.82 Å². The van der Waals surface area contributed by atoms with E-state index in [0.717, 1.165) is 16.6 Å². The Labute approximate surface area is 166 Å². The van der Waals surface area contributed by atoms with Gasteiger partial charge in [0.15, 0.2) is 0 Å². The molecule has 0 aliphatic carbocycles. The molecular weight excluding hydrogens is 365 g/mol. The van der Waals surface area contributed by atoms with Gasteiger partial charge in [0.1, 0.15) is 17.2 Å². The number of hydrogen-bond donors (Lipinski definition) is 0. The minimum absolute atomic E-state index is 0.356. The molecule has 0 bridgehead atoms. The highest BCUT2D eigenvalue weighted by atomic mass is 19.1. The summed E-state index contributed by atoms with van der Waals surface area (Å²) < 4.78 is 15.9. The average Bonchev–Trinajstić information content (AvgIpc) is 3.23. The van der Waals surface area contributed by atoms with E-state index in [2.05, 4.69) is 16.7 Å². The molecule has 0 unspecified atom stereocenters. The molecule has 1 aliphatic heterocycles. The minimum atomic E-state index is -0.356. The van der Waals surface area contributed by atoms with Crippen LogP contribution in [0.5, 0.6) is 0 Å². The molecule has 0 radical (unpaired) electrons. The highest BCUT2D eigenvalue weighted by Crippen LogP contribution is 2.25. The molecule has 2 aromatic heterocycles. The van der Waals surface area contributed by atoms with Crippen molar-refractivity contribution < 1.29 is 4.39 Å². The Bertz CT molecular complexity index is 1300. The normalized spacial score (nSPS) is 13.8. The molecular formula is C23H16FN5. The number of fused-ring (bicyclic) bond motifs is 1. The maximum Gasteiger partial charge on any atom is 0.148 e. The zero-order valence-corrected chi connectivity index (χ0v) is 15.4. The number of hydrazone groups is 1. The number of allylic oxidation sites excluding steroid dienone is 2. The monoisotopic (exact) mass is 381 g/mol. The smallest absolute Gasteiger partial charge is 0.148 e. The molecule has 2 aromatic carbocycles. The zero-order valence-electron chi connectivity index (χ0n) is 15.4. The van der Waals surface area contributed by atoms with Crippen molar-refractivity contribution in [1.29, 1.82) is 0 Å². The van der Waals surface area contributed by atoms with Crippen LogP contribution < -0.4 is 5.01 Å². The third-order valence-electron chi connectivity index (χ3n) is 4.74. The maximum absolute atomic E-state index is 14.3. The molecule has 1 aliphatic rings. The van der Waals surface area contributed by atoms with Gasteiger partial charge in [-0.2, -0.15) is 10.2 Å². The van der Waals surface area contributed by atoms with Crippen LogP contribution >= 0.6 is 0 Å². The Kier molecular flexibility index (Phi) is 4.02. The van der Waals surface area contributed by atoms with Crippen molar-refractivity contribution in [1.82, 2.24) is 14.8 Å². The summed E-state index contributed by atoms with van der Waals surface area (Å²) in [5.74, 6) is -0.356. The molecule has 0 N–H and O–H groups in total. The number of pyridine rings is 1. The van der Waals surface area contributed by atoms with Gasteiger partial charge in [-0.15, -0.1) is 0 Å². The first-order valence-corrected chi connectivity index (χ1v) is 9.10. The van der Waals surface area contributed by atoms with Gasteiger partial charge >= 0.3 is 0 Å². The zero-order chi connectivity index (χ0) is 19.8. The van der Waals surface area contributed by atoms with Crippen molar-refractivity contribution in [2.24, 2.45) is 5.10 Å². The number of para-hydroxylation sites is 2. The van der Waals surface area contributed by atoms with Crippen molar-refractivity contribution in [2.75, 3.05) is 5.01 Å². The lowest BCUT2D eigenvalue weighted by atomic mass is 10.1. The van der Waals surface area contributed by atoms with Gasteiger partial charge in [0.2, 0.25) is 0 Å². The van der Waals surface area contributed by atoms with E-state index in [4.69, 9.17) is 5.10 Å². The molecule has 0 atom stereocenters. The number of halogens is 1. The highest BCUT2D eigenvalue weighted by molar-refractivity contribution is 6.14. The first-order valence-electron chi connectivity index (χ1n) is 9.10. The first-order chi connectivity index (χ1) is 14.2. The summed E-state index contributed by atoms with van der Waals surface area (Å²) in [5.41, 5.74) is 4.08. The van der Waals surface area contributed by atoms with Crippen molar-refractivity contribution in [2.45, 2.75) is 0 Å². The topological polar surface area (TPSA) is 46.3 Å². The number of aromatic nitrogens is 3. The Balaban J connectivity index is 1.59. The van der Waals surface area contributed by atoms with E-state index in [1.807, 2.05) is 42.6 Å². The number of benzene rings is 2. The van der Waals surface area contributed by atoms with Crippen LogP contribution in [0.4, 0.5) is 10.1 Å². The van der Waals surface area contributed by atoms with Crippen molar-refractivity contribution in [3.8, 4) is 5.69 Å². The number of nitrogens with zero attached hydrogens (tertiary/aromatic N) is 5. The van der Waals surface area contributed by atoms with Crippen LogP contribution in [-0.2, 0) is 0 Å². The summed E-state index contributed by atoms with van der Waals surface area (Å²) in [5, 5.41) is 11.8. The lowest BCUT2D eigenvalue weighted by molar-refractivity contribution is 0.610. The second-order valence-corrected chi connectivity index (χ2v) is 6.60. The first kappa shape index (κ1) is 17.1. The van der Waals surface area contributed by atoms with E-state index >= 15 is 0 Å². The Morgan fingerprint density at radius 2 is 1.79 bits per heavy atom. The molecule has 0 saturated carbocycles. The van der Waals surface area contributed by atoms with Gasteiger partial charge in [-0.05, 0) is 42.0 Å². The van der Waals surface area contributed by atoms with Crippen LogP contribution in [0.1, 0.15) is 5.69 Å². The molecule has 6 heteroatoms. The molecule has 0 saturated heterocycles. The van der Waals surface area contributed by atoms with Crippen molar-refractivity contribution >= 4 is 22.3 Å². The summed E-state index contributed by atoms with van der Waals surface area (Å²) >= 11 is 0. The van der Waals surface area contributed by atoms with Crippen molar-refractivity contribution in [3.63, 3.8) is 0 Å². The van der Waals surface area contributed by atoms with Crippen LogP contribution in [0.15, 0.2) is 103 Å². The molecule has 3 heterocycles. The van der Waals surface area contributed by atoms with Crippen LogP contribution in [0.3, 0.4) is 0 Å². The van der Waals surface area contributed by atoms with Gasteiger partial charge in [-0.25, -0.2) is 14.1 Å². The fourth-order valence-corrected chi connectivity index (χ4v) is 3.29. The molecule has 0 amide bonds. The standard InChI is InChI=1S/C23H16FN5/c1-16-11-13-28(18-14-17-6-2-4-8-20(17)25-15-18)27-23(16)22-10-12-26-29(22)21-9-5-3-7-19(21)24/h2-15H,1H2. The summed E-state index contributed by atoms with van der Waals surface area (Å²) in [4.78, 5) is 4.51. The van der Waals surface area contributed by atoms with E-state index in [1.54, 1.807) is 41.7 Å². The van der Waals surface area contributed by atoms with E-state index in [0.29, 0.717) is 22.7 Å². The average molecular weight is 381 g/mol. The van der Waals surface area contributed by atoms with Crippen LogP contribution in [-0.4, -0.2) is 20.5 Å². The Morgan fingerprint density at radius 1 is 0.966 bits per heavy atom. The quantitative estimate of drug-likeness (QED) is 0.509. The molecule has 5 nitrogen and oxygen atoms in total. The summed E-state index contributed by atoms with van der Waals surface area (Å²) in [6.45, 7) is 4.09. The molecule has 140 valence electrons. The molecule has 4 aromatic rings. The Hall–Kier alpha value is -4.06. The number of hydrogen-bond acceptors (Lipinski definition) is 4. The van der Waals surface area contributed by atoms with Gasteiger partial charge in [0.05, 0.1) is 29.3 Å². The summed E-state index contributed by atoms with van der Waals surface area (Å²) in [6.07, 6.45) is 7.10. The van der Waals surface area contributed by atoms with Crippen LogP contribution in [0.2, 0.25) is 0 Å². The largest absolute Gasteiger partial charge is 0.254 e. The fourth-order valence-electron chi connectivity index (χ4n) is 3.29. The second-order valence-electron chi connectivity index (χ2n) is 6.60. The SMILES string of the molecule is C=C1C=CN(c2cnc3ccccc3c2)N=C1c1ccnn1-c1ccccc1F. The van der Waals surface area contributed by atoms with Crippen LogP contribution in [0.25, 0.3) is 16.6 Å². The molecule has 0 fully saturated rings. The minimum Gasteiger partial charge on any atom is -0.254 e. The van der Waals surface area contributed by atoms with Gasteiger partial charge in [-0.1, -0.05) is 36.9 Å². The fraction of sp³-hybridized carbons (Fsp3) is 0. The van der Waals surface area contributed by atoms with E-state index in [9.17, 15) is 4.39 Å². The third kappa shape index (κ3) is 3.00. The molecule has 0 spiro atoms. The predicted molar refractivity (Wildman–Crippen MR) is 113 cm³/mol. The van der Waals surface area contributed by atoms with Gasteiger partial charge < -0.3 is 0 Å². The predicted octanol–water partition coefficient (Wildman–Crippen LogP) is 4.85. The number of rotatable bonds is 3. The van der Waals surface area contributed by atoms with Gasteiger partial charge in [0, 0.05) is 11.6 Å². The third-order valence-corrected chi connectivity index (χ3v) is 4.74. The summed E-state index contributed by atoms with van der Waals surface area (Å²) in [6, 6.07) is 18.2. The highest BCUT2D eigenvalue weighted by Gasteiger charge is 2.20. The van der Waals surface area contributed by atoms with Crippen molar-refractivity contribution in [3.05, 3.63) is 109 Å². The lowest BCUT2D eigenvalue weighted by Crippen LogP contribution is -2.21. The maximum atomic E-state index is 14.3. The van der Waals surface area contributed by atoms with E-state index in [1.165, 1.54) is 10.7 Å². The second kappa shape index (κ2) is 6.83. The van der Waals surface area contributed by atoms with Gasteiger partial charge in [-0.3, -0.25) is 4.98 Å². The summed E-state index contributed by atoms with van der Waals surface area (Å²) in [7, 11) is 0. The van der Waals surface area contributed by atoms with Gasteiger partial charge in [0.25, 0.3) is 0 Å². The Morgan fingerprint density at radius 3 is 2.69 bits per heavy atom. The molecule has 5 rings (SSSR count). The number of anilines is 1. The van der Waals surface area contributed by atoms with Crippen LogP contribution in [0, 0.1) is 5.82 Å². The lowest BCUT2D eigenvalue weighted by Gasteiger charge is -2.22. The molecule has 29 heavy (non-hydrogen) atoms.